The average Bonchev–Trinajstić information content (AvgIpc) is 2.03. The van der Waals surface area contributed by atoms with Gasteiger partial charge in [-0.3, -0.25) is 9.11 Å². The molecule has 0 aliphatic rings. The molecule has 8 nitrogen and oxygen atoms in total. The van der Waals surface area contributed by atoms with E-state index >= 15 is 0 Å². The largest absolute Gasteiger partial charge is 1.00 e. The molecule has 0 aliphatic heterocycles. The first-order valence-corrected chi connectivity index (χ1v) is 5.43. The van der Waals surface area contributed by atoms with Gasteiger partial charge in [-0.2, -0.15) is 4.21 Å². The van der Waals surface area contributed by atoms with Gasteiger partial charge >= 0.3 is 29.6 Å². The van der Waals surface area contributed by atoms with Gasteiger partial charge in [0.2, 0.25) is 0 Å². The summed E-state index contributed by atoms with van der Waals surface area (Å²) in [6.07, 6.45) is 3.37. The summed E-state index contributed by atoms with van der Waals surface area (Å²) in [4.78, 5) is 19.1. The molecule has 0 aromatic rings. The van der Waals surface area contributed by atoms with Crippen molar-refractivity contribution in [2.45, 2.75) is 19.3 Å². The Kier molecular flexibility index (Phi) is 39.0. The first kappa shape index (κ1) is 25.4. The standard InChI is InChI=1S/C5H8O2.Na.2H2O3S/c6-4-2-1-3-5-7;;2*1-4(2)3/h4-5H,1-3H2;;2*(H2,1,2,3)/q;+1;;/p-1. The first-order valence-electron chi connectivity index (χ1n) is 3.34. The fourth-order valence-electron chi connectivity index (χ4n) is 0.285. The maximum atomic E-state index is 9.56. The van der Waals surface area contributed by atoms with Crippen LogP contribution in [-0.2, 0) is 32.3 Å². The quantitative estimate of drug-likeness (QED) is 0.209. The normalized spacial score (nSPS) is 9.56. The Labute approximate surface area is 120 Å². The van der Waals surface area contributed by atoms with Crippen molar-refractivity contribution in [1.82, 2.24) is 0 Å². The third-order valence-corrected chi connectivity index (χ3v) is 0.644. The molecule has 0 rings (SSSR count). The Hall–Kier alpha value is 0.480. The van der Waals surface area contributed by atoms with E-state index in [2.05, 4.69) is 0 Å². The molecule has 0 fully saturated rings. The second-order valence-electron chi connectivity index (χ2n) is 1.71. The maximum Gasteiger partial charge on any atom is 1.00 e. The van der Waals surface area contributed by atoms with Gasteiger partial charge in [0, 0.05) is 12.8 Å². The predicted octanol–water partition coefficient (Wildman–Crippen LogP) is -3.42. The van der Waals surface area contributed by atoms with Crippen LogP contribution in [0.3, 0.4) is 0 Å². The smallest absolute Gasteiger partial charge is 0.750 e. The number of unbranched alkanes of at least 4 members (excludes halogenated alkanes) is 2. The van der Waals surface area contributed by atoms with E-state index in [4.69, 9.17) is 26.6 Å². The van der Waals surface area contributed by atoms with Crippen LogP contribution in [0.1, 0.15) is 19.3 Å². The zero-order valence-electron chi connectivity index (χ0n) is 8.48. The van der Waals surface area contributed by atoms with Gasteiger partial charge in [-0.25, -0.2) is 4.21 Å². The zero-order chi connectivity index (χ0) is 12.7. The SMILES string of the molecule is O=CCCCC=O.O=S(O)O.O=S([O-])O.[Na+]. The van der Waals surface area contributed by atoms with Crippen molar-refractivity contribution in [3.63, 3.8) is 0 Å². The van der Waals surface area contributed by atoms with Crippen LogP contribution < -0.4 is 29.6 Å². The average molecular weight is 286 g/mol. The second kappa shape index (κ2) is 24.6. The van der Waals surface area contributed by atoms with Gasteiger partial charge in [0.15, 0.2) is 0 Å². The van der Waals surface area contributed by atoms with Crippen molar-refractivity contribution in [1.29, 1.82) is 0 Å². The van der Waals surface area contributed by atoms with Crippen LogP contribution in [0, 0.1) is 0 Å². The number of aldehydes is 2. The van der Waals surface area contributed by atoms with Crippen LogP contribution in [-0.4, -0.2) is 39.2 Å². The van der Waals surface area contributed by atoms with E-state index < -0.39 is 22.7 Å². The van der Waals surface area contributed by atoms with Gasteiger partial charge in [0.1, 0.15) is 12.6 Å². The Morgan fingerprint density at radius 2 is 1.19 bits per heavy atom. The predicted molar refractivity (Wildman–Crippen MR) is 50.9 cm³/mol. The van der Waals surface area contributed by atoms with Gasteiger partial charge in [-0.15, -0.1) is 0 Å². The van der Waals surface area contributed by atoms with Crippen LogP contribution in [0.5, 0.6) is 0 Å². The Morgan fingerprint density at radius 3 is 1.31 bits per heavy atom. The van der Waals surface area contributed by atoms with Crippen molar-refractivity contribution in [2.75, 3.05) is 0 Å². The summed E-state index contributed by atoms with van der Waals surface area (Å²) in [7, 11) is 0. The van der Waals surface area contributed by atoms with Crippen molar-refractivity contribution in [2.24, 2.45) is 0 Å². The van der Waals surface area contributed by atoms with Crippen LogP contribution >= 0.6 is 0 Å². The molecule has 0 aromatic heterocycles. The molecule has 1 unspecified atom stereocenters. The van der Waals surface area contributed by atoms with Crippen LogP contribution in [0.25, 0.3) is 0 Å². The molecule has 0 spiro atoms. The third kappa shape index (κ3) is 131. The number of rotatable bonds is 4. The van der Waals surface area contributed by atoms with E-state index in [1.165, 1.54) is 0 Å². The summed E-state index contributed by atoms with van der Waals surface area (Å²) in [5.41, 5.74) is 0. The van der Waals surface area contributed by atoms with Crippen molar-refractivity contribution < 1.29 is 65.8 Å². The van der Waals surface area contributed by atoms with Crippen LogP contribution in [0.4, 0.5) is 0 Å². The molecule has 0 saturated carbocycles. The molecule has 0 aliphatic carbocycles. The van der Waals surface area contributed by atoms with Crippen LogP contribution in [0.15, 0.2) is 0 Å². The number of carbonyl (C=O) groups is 2. The molecule has 0 saturated heterocycles. The topological polar surface area (TPSA) is 152 Å². The monoisotopic (exact) mass is 286 g/mol. The van der Waals surface area contributed by atoms with Gasteiger partial charge < -0.3 is 18.7 Å². The van der Waals surface area contributed by atoms with E-state index in [1.807, 2.05) is 0 Å². The van der Waals surface area contributed by atoms with E-state index in [-0.39, 0.29) is 29.6 Å². The summed E-state index contributed by atoms with van der Waals surface area (Å²) in [6.45, 7) is 0. The molecule has 0 amide bonds. The first-order chi connectivity index (χ1) is 6.88. The summed E-state index contributed by atoms with van der Waals surface area (Å²) >= 11 is -5.47. The molecule has 0 bridgehead atoms. The van der Waals surface area contributed by atoms with Gasteiger partial charge in [0.05, 0.1) is 11.4 Å². The molecule has 16 heavy (non-hydrogen) atoms. The molecule has 0 aromatic carbocycles. The molecule has 92 valence electrons. The summed E-state index contributed by atoms with van der Waals surface area (Å²) in [6, 6.07) is 0. The van der Waals surface area contributed by atoms with Crippen molar-refractivity contribution in [3.8, 4) is 0 Å². The number of carbonyl (C=O) groups excluding carboxylic acids is 2. The van der Waals surface area contributed by atoms with E-state index in [0.29, 0.717) is 19.3 Å². The Morgan fingerprint density at radius 1 is 1.00 bits per heavy atom. The molecular formula is C5H11NaO8S2. The van der Waals surface area contributed by atoms with Gasteiger partial charge in [-0.05, 0) is 6.42 Å². The molecule has 11 heteroatoms. The summed E-state index contributed by atoms with van der Waals surface area (Å²) in [5, 5.41) is 0. The number of hydrogen-bond acceptors (Lipinski definition) is 5. The van der Waals surface area contributed by atoms with E-state index in [0.717, 1.165) is 12.6 Å². The molecule has 0 radical (unpaired) electrons. The Bertz CT molecular complexity index is 171. The summed E-state index contributed by atoms with van der Waals surface area (Å²) in [5.74, 6) is 0. The zero-order valence-corrected chi connectivity index (χ0v) is 12.1. The van der Waals surface area contributed by atoms with E-state index in [1.54, 1.807) is 0 Å². The maximum absolute atomic E-state index is 9.56. The Balaban J connectivity index is -0.0000000700. The van der Waals surface area contributed by atoms with Gasteiger partial charge in [-0.1, -0.05) is 0 Å². The summed E-state index contributed by atoms with van der Waals surface area (Å²) < 4.78 is 46.9. The fraction of sp³-hybridized carbons (Fsp3) is 0.600. The van der Waals surface area contributed by atoms with Crippen molar-refractivity contribution >= 4 is 35.3 Å². The van der Waals surface area contributed by atoms with E-state index in [9.17, 15) is 9.59 Å². The van der Waals surface area contributed by atoms with Gasteiger partial charge in [0.25, 0.3) is 11.4 Å². The minimum Gasteiger partial charge on any atom is -0.750 e. The molecule has 3 N–H and O–H groups in total. The molecule has 1 atom stereocenters. The minimum atomic E-state index is -2.86. The van der Waals surface area contributed by atoms with Crippen molar-refractivity contribution in [3.05, 3.63) is 0 Å². The molecule has 0 heterocycles. The second-order valence-corrected chi connectivity index (χ2v) is 2.61. The van der Waals surface area contributed by atoms with Crippen LogP contribution in [0.2, 0.25) is 0 Å². The number of hydrogen-bond donors (Lipinski definition) is 3. The molecular weight excluding hydrogens is 275 g/mol. The third-order valence-electron chi connectivity index (χ3n) is 0.644. The minimum absolute atomic E-state index is 0. The fourth-order valence-corrected chi connectivity index (χ4v) is 0.285.